The minimum Gasteiger partial charge on any atom is -0.507 e. The number of quaternary nitrogens is 1. The number of nitrogens with one attached hydrogen (secondary N) is 1. The second-order valence-electron chi connectivity index (χ2n) is 11.7. The number of ketones is 1. The first-order chi connectivity index (χ1) is 18.6. The summed E-state index contributed by atoms with van der Waals surface area (Å²) in [6.45, 7) is 15.7. The van der Waals surface area contributed by atoms with E-state index < -0.39 is 17.7 Å². The molecule has 2 N–H and O–H groups in total. The van der Waals surface area contributed by atoms with Crippen LogP contribution in [-0.2, 0) is 19.7 Å². The number of carbonyl (C=O) groups excluding carboxylic acids is 2. The summed E-state index contributed by atoms with van der Waals surface area (Å²) in [4.78, 5) is 30.0. The summed E-state index contributed by atoms with van der Waals surface area (Å²) in [6.07, 6.45) is 1.66. The van der Waals surface area contributed by atoms with Crippen LogP contribution >= 0.6 is 0 Å². The van der Waals surface area contributed by atoms with E-state index in [1.54, 1.807) is 17.0 Å². The van der Waals surface area contributed by atoms with Crippen molar-refractivity contribution in [1.29, 1.82) is 0 Å². The van der Waals surface area contributed by atoms with Crippen LogP contribution in [0.15, 0.2) is 48.0 Å². The first-order valence-corrected chi connectivity index (χ1v) is 14.2. The number of hydrogen-bond donors (Lipinski definition) is 2. The van der Waals surface area contributed by atoms with Crippen LogP contribution in [0.3, 0.4) is 0 Å². The Morgan fingerprint density at radius 2 is 1.79 bits per heavy atom. The molecule has 7 heteroatoms. The van der Waals surface area contributed by atoms with Gasteiger partial charge in [0.05, 0.1) is 38.0 Å². The lowest BCUT2D eigenvalue weighted by Gasteiger charge is -2.28. The molecule has 2 aromatic carbocycles. The summed E-state index contributed by atoms with van der Waals surface area (Å²) < 4.78 is 11.2. The van der Waals surface area contributed by atoms with Gasteiger partial charge in [0.15, 0.2) is 0 Å². The standard InChI is InChI=1S/C32H42N2O5/c1-6-18-39-25-12-13-26(22(2)21-25)29(35)27-28(23-8-10-24(11-9-23)32(3,4)5)34(31(37)30(27)36)15-7-14-33-16-19-38-20-17-33/h8-13,21,28,35H,6-7,14-20H2,1-5H3/p+1. The van der Waals surface area contributed by atoms with Crippen LogP contribution in [0, 0.1) is 6.92 Å². The van der Waals surface area contributed by atoms with Gasteiger partial charge in [-0.15, -0.1) is 0 Å². The Labute approximate surface area is 232 Å². The van der Waals surface area contributed by atoms with E-state index in [0.29, 0.717) is 24.5 Å². The van der Waals surface area contributed by atoms with Gasteiger partial charge in [-0.2, -0.15) is 0 Å². The number of aliphatic hydroxyl groups is 1. The summed E-state index contributed by atoms with van der Waals surface area (Å²) >= 11 is 0. The molecule has 1 unspecified atom stereocenters. The number of aliphatic hydroxyl groups excluding tert-OH is 1. The number of ether oxygens (including phenoxy) is 2. The number of nitrogens with zero attached hydrogens (tertiary/aromatic N) is 1. The highest BCUT2D eigenvalue weighted by molar-refractivity contribution is 6.46. The number of Topliss-reactive ketones (excluding diaryl/α,β-unsaturated/α-hetero) is 1. The smallest absolute Gasteiger partial charge is 0.295 e. The van der Waals surface area contributed by atoms with E-state index in [1.807, 2.05) is 32.0 Å². The predicted molar refractivity (Wildman–Crippen MR) is 152 cm³/mol. The van der Waals surface area contributed by atoms with Crippen LogP contribution in [-0.4, -0.2) is 67.7 Å². The maximum absolute atomic E-state index is 13.5. The Kier molecular flexibility index (Phi) is 9.13. The van der Waals surface area contributed by atoms with Gasteiger partial charge in [0.25, 0.3) is 11.7 Å². The fourth-order valence-corrected chi connectivity index (χ4v) is 5.39. The molecule has 2 saturated heterocycles. The molecule has 39 heavy (non-hydrogen) atoms. The molecule has 0 radical (unpaired) electrons. The van der Waals surface area contributed by atoms with Crippen molar-refractivity contribution in [3.8, 4) is 5.75 Å². The highest BCUT2D eigenvalue weighted by Gasteiger charge is 2.46. The van der Waals surface area contributed by atoms with Crippen molar-refractivity contribution in [2.24, 2.45) is 0 Å². The number of carbonyl (C=O) groups is 2. The van der Waals surface area contributed by atoms with E-state index in [2.05, 4.69) is 32.9 Å². The van der Waals surface area contributed by atoms with E-state index in [0.717, 1.165) is 62.4 Å². The fourth-order valence-electron chi connectivity index (χ4n) is 5.39. The number of hydrogen-bond acceptors (Lipinski definition) is 5. The lowest BCUT2D eigenvalue weighted by Crippen LogP contribution is -3.14. The van der Waals surface area contributed by atoms with E-state index in [9.17, 15) is 14.7 Å². The van der Waals surface area contributed by atoms with Crippen molar-refractivity contribution in [3.05, 3.63) is 70.3 Å². The third kappa shape index (κ3) is 6.53. The minimum absolute atomic E-state index is 0.0278. The molecule has 4 rings (SSSR count). The van der Waals surface area contributed by atoms with E-state index in [1.165, 1.54) is 4.90 Å². The highest BCUT2D eigenvalue weighted by Crippen LogP contribution is 2.40. The molecule has 1 atom stereocenters. The zero-order valence-electron chi connectivity index (χ0n) is 24.0. The largest absolute Gasteiger partial charge is 0.507 e. The lowest BCUT2D eigenvalue weighted by molar-refractivity contribution is -0.908. The fraction of sp³-hybridized carbons (Fsp3) is 0.500. The number of morpholine rings is 1. The third-order valence-corrected chi connectivity index (χ3v) is 7.69. The molecule has 0 bridgehead atoms. The van der Waals surface area contributed by atoms with Gasteiger partial charge in [0, 0.05) is 18.5 Å². The SMILES string of the molecule is CCCOc1ccc(C(O)=C2C(=O)C(=O)N(CCC[NH+]3CCOCC3)C2c2ccc(C(C)(C)C)cc2)c(C)c1. The first kappa shape index (κ1) is 28.8. The second kappa shape index (κ2) is 12.3. The molecular formula is C32H43N2O5+. The van der Waals surface area contributed by atoms with Gasteiger partial charge in [-0.25, -0.2) is 0 Å². The topological polar surface area (TPSA) is 80.5 Å². The summed E-state index contributed by atoms with van der Waals surface area (Å²) in [6, 6.07) is 12.9. The Balaban J connectivity index is 1.70. The third-order valence-electron chi connectivity index (χ3n) is 7.69. The van der Waals surface area contributed by atoms with Crippen LogP contribution in [0.4, 0.5) is 0 Å². The molecule has 7 nitrogen and oxygen atoms in total. The number of rotatable bonds is 9. The van der Waals surface area contributed by atoms with Gasteiger partial charge in [-0.05, 0) is 53.6 Å². The molecule has 0 aliphatic carbocycles. The van der Waals surface area contributed by atoms with Crippen LogP contribution < -0.4 is 9.64 Å². The van der Waals surface area contributed by atoms with Crippen LogP contribution in [0.25, 0.3) is 5.76 Å². The summed E-state index contributed by atoms with van der Waals surface area (Å²) in [7, 11) is 0. The molecule has 2 aliphatic heterocycles. The number of benzene rings is 2. The van der Waals surface area contributed by atoms with Crippen molar-refractivity contribution >= 4 is 17.4 Å². The normalized spacial score (nSPS) is 20.0. The Hall–Kier alpha value is -3.16. The van der Waals surface area contributed by atoms with Crippen LogP contribution in [0.5, 0.6) is 5.75 Å². The number of likely N-dealkylation sites (tertiary alicyclic amines) is 1. The highest BCUT2D eigenvalue weighted by atomic mass is 16.5. The molecule has 0 aromatic heterocycles. The second-order valence-corrected chi connectivity index (χ2v) is 11.7. The Morgan fingerprint density at radius 1 is 1.10 bits per heavy atom. The van der Waals surface area contributed by atoms with Gasteiger partial charge < -0.3 is 24.4 Å². The molecule has 0 spiro atoms. The van der Waals surface area contributed by atoms with Crippen LogP contribution in [0.1, 0.15) is 68.8 Å². The number of amides is 1. The van der Waals surface area contributed by atoms with Crippen LogP contribution in [0.2, 0.25) is 0 Å². The average Bonchev–Trinajstić information content (AvgIpc) is 3.17. The average molecular weight is 536 g/mol. The van der Waals surface area contributed by atoms with Crippen molar-refractivity contribution in [1.82, 2.24) is 4.90 Å². The van der Waals surface area contributed by atoms with Gasteiger partial charge in [-0.1, -0.05) is 52.0 Å². The van der Waals surface area contributed by atoms with Gasteiger partial charge >= 0.3 is 0 Å². The molecule has 1 amide bonds. The van der Waals surface area contributed by atoms with E-state index in [4.69, 9.17) is 9.47 Å². The lowest BCUT2D eigenvalue weighted by atomic mass is 9.85. The molecule has 2 fully saturated rings. The van der Waals surface area contributed by atoms with Crippen molar-refractivity contribution in [2.75, 3.05) is 46.0 Å². The zero-order valence-corrected chi connectivity index (χ0v) is 24.0. The molecule has 0 saturated carbocycles. The molecule has 210 valence electrons. The Morgan fingerprint density at radius 3 is 2.41 bits per heavy atom. The monoisotopic (exact) mass is 535 g/mol. The zero-order chi connectivity index (χ0) is 28.2. The van der Waals surface area contributed by atoms with Gasteiger partial charge in [0.2, 0.25) is 0 Å². The maximum atomic E-state index is 13.5. The summed E-state index contributed by atoms with van der Waals surface area (Å²) in [5.74, 6) is -0.619. The molecular weight excluding hydrogens is 492 g/mol. The van der Waals surface area contributed by atoms with Crippen molar-refractivity contribution in [2.45, 2.75) is 58.9 Å². The van der Waals surface area contributed by atoms with Gasteiger partial charge in [-0.3, -0.25) is 9.59 Å². The maximum Gasteiger partial charge on any atom is 0.295 e. The Bertz CT molecular complexity index is 1210. The molecule has 2 heterocycles. The molecule has 2 aliphatic rings. The minimum atomic E-state index is -0.644. The van der Waals surface area contributed by atoms with Crippen molar-refractivity contribution < 1.29 is 29.1 Å². The van der Waals surface area contributed by atoms with E-state index >= 15 is 0 Å². The van der Waals surface area contributed by atoms with Crippen molar-refractivity contribution in [3.63, 3.8) is 0 Å². The summed E-state index contributed by atoms with van der Waals surface area (Å²) in [5, 5.41) is 11.5. The summed E-state index contributed by atoms with van der Waals surface area (Å²) in [5.41, 5.74) is 3.42. The number of aryl methyl sites for hydroxylation is 1. The first-order valence-electron chi connectivity index (χ1n) is 14.2. The predicted octanol–water partition coefficient (Wildman–Crippen LogP) is 3.81. The van der Waals surface area contributed by atoms with E-state index in [-0.39, 0.29) is 16.7 Å². The van der Waals surface area contributed by atoms with Gasteiger partial charge in [0.1, 0.15) is 24.6 Å². The quantitative estimate of drug-likeness (QED) is 0.290. The molecule has 2 aromatic rings.